The topological polar surface area (TPSA) is 35.6 Å². The summed E-state index contributed by atoms with van der Waals surface area (Å²) in [6.45, 7) is 6.12. The highest BCUT2D eigenvalue weighted by molar-refractivity contribution is 5.75. The van der Waals surface area contributed by atoms with Crippen molar-refractivity contribution in [2.75, 3.05) is 39.3 Å². The van der Waals surface area contributed by atoms with Crippen LogP contribution in [0.3, 0.4) is 0 Å². The highest BCUT2D eigenvalue weighted by atomic mass is 16.2. The van der Waals surface area contributed by atoms with Crippen molar-refractivity contribution in [3.8, 4) is 0 Å². The Balaban J connectivity index is 1.59. The highest BCUT2D eigenvalue weighted by Crippen LogP contribution is 2.27. The zero-order chi connectivity index (χ0) is 11.0. The SMILES string of the molecule is O=C(N1CCCCC1)N1CC2CNCC2C1. The van der Waals surface area contributed by atoms with E-state index in [4.69, 9.17) is 0 Å². The van der Waals surface area contributed by atoms with Crippen LogP contribution in [0.1, 0.15) is 19.3 Å². The molecular formula is C12H21N3O. The molecule has 3 fully saturated rings. The molecular weight excluding hydrogens is 202 g/mol. The Morgan fingerprint density at radius 2 is 1.56 bits per heavy atom. The van der Waals surface area contributed by atoms with Gasteiger partial charge in [-0.2, -0.15) is 0 Å². The third kappa shape index (κ3) is 1.79. The Bertz CT molecular complexity index is 263. The summed E-state index contributed by atoms with van der Waals surface area (Å²) in [5, 5.41) is 3.41. The first-order valence-corrected chi connectivity index (χ1v) is 6.59. The molecule has 0 aromatic rings. The highest BCUT2D eigenvalue weighted by Gasteiger charge is 2.39. The molecule has 16 heavy (non-hydrogen) atoms. The van der Waals surface area contributed by atoms with Gasteiger partial charge < -0.3 is 15.1 Å². The van der Waals surface area contributed by atoms with Crippen LogP contribution in [0, 0.1) is 11.8 Å². The fraction of sp³-hybridized carbons (Fsp3) is 0.917. The Hall–Kier alpha value is -0.770. The van der Waals surface area contributed by atoms with Gasteiger partial charge in [0, 0.05) is 39.3 Å². The summed E-state index contributed by atoms with van der Waals surface area (Å²) < 4.78 is 0. The molecule has 2 amide bonds. The molecule has 3 heterocycles. The van der Waals surface area contributed by atoms with Crippen molar-refractivity contribution in [3.05, 3.63) is 0 Å². The average Bonchev–Trinajstić information content (AvgIpc) is 2.89. The lowest BCUT2D eigenvalue weighted by molar-refractivity contribution is 0.150. The number of carbonyl (C=O) groups is 1. The van der Waals surface area contributed by atoms with E-state index in [1.807, 2.05) is 0 Å². The largest absolute Gasteiger partial charge is 0.325 e. The summed E-state index contributed by atoms with van der Waals surface area (Å²) >= 11 is 0. The van der Waals surface area contributed by atoms with Crippen LogP contribution < -0.4 is 5.32 Å². The minimum Gasteiger partial charge on any atom is -0.325 e. The zero-order valence-corrected chi connectivity index (χ0v) is 9.82. The summed E-state index contributed by atoms with van der Waals surface area (Å²) in [7, 11) is 0. The first-order chi connectivity index (χ1) is 7.84. The van der Waals surface area contributed by atoms with E-state index >= 15 is 0 Å². The lowest BCUT2D eigenvalue weighted by atomic mass is 10.0. The van der Waals surface area contributed by atoms with Crippen LogP contribution in [-0.2, 0) is 0 Å². The van der Waals surface area contributed by atoms with Crippen LogP contribution in [0.2, 0.25) is 0 Å². The molecule has 4 heteroatoms. The molecule has 2 unspecified atom stereocenters. The van der Waals surface area contributed by atoms with Crippen molar-refractivity contribution in [2.24, 2.45) is 11.8 Å². The predicted octanol–water partition coefficient (Wildman–Crippen LogP) is 0.744. The van der Waals surface area contributed by atoms with Gasteiger partial charge in [-0.15, -0.1) is 0 Å². The maximum absolute atomic E-state index is 12.3. The molecule has 90 valence electrons. The van der Waals surface area contributed by atoms with Gasteiger partial charge in [0.25, 0.3) is 0 Å². The summed E-state index contributed by atoms with van der Waals surface area (Å²) in [6.07, 6.45) is 3.67. The number of fused-ring (bicyclic) bond motifs is 1. The second kappa shape index (κ2) is 4.24. The van der Waals surface area contributed by atoms with Crippen molar-refractivity contribution < 1.29 is 4.79 Å². The molecule has 0 spiro atoms. The van der Waals surface area contributed by atoms with E-state index in [9.17, 15) is 4.79 Å². The summed E-state index contributed by atoms with van der Waals surface area (Å²) in [4.78, 5) is 16.4. The number of nitrogens with one attached hydrogen (secondary N) is 1. The average molecular weight is 223 g/mol. The van der Waals surface area contributed by atoms with E-state index in [1.165, 1.54) is 19.3 Å². The third-order valence-corrected chi connectivity index (χ3v) is 4.29. The zero-order valence-electron chi connectivity index (χ0n) is 9.82. The third-order valence-electron chi connectivity index (χ3n) is 4.29. The van der Waals surface area contributed by atoms with E-state index in [2.05, 4.69) is 15.1 Å². The lowest BCUT2D eigenvalue weighted by Crippen LogP contribution is -2.45. The van der Waals surface area contributed by atoms with Gasteiger partial charge in [-0.1, -0.05) is 0 Å². The van der Waals surface area contributed by atoms with Crippen molar-refractivity contribution in [3.63, 3.8) is 0 Å². The van der Waals surface area contributed by atoms with E-state index < -0.39 is 0 Å². The van der Waals surface area contributed by atoms with Crippen molar-refractivity contribution >= 4 is 6.03 Å². The predicted molar refractivity (Wildman–Crippen MR) is 62.2 cm³/mol. The Kier molecular flexibility index (Phi) is 2.75. The van der Waals surface area contributed by atoms with Gasteiger partial charge in [0.05, 0.1) is 0 Å². The van der Waals surface area contributed by atoms with Gasteiger partial charge in [-0.05, 0) is 31.1 Å². The molecule has 4 nitrogen and oxygen atoms in total. The number of likely N-dealkylation sites (tertiary alicyclic amines) is 2. The number of rotatable bonds is 0. The van der Waals surface area contributed by atoms with E-state index in [-0.39, 0.29) is 0 Å². The van der Waals surface area contributed by atoms with Gasteiger partial charge in [0.15, 0.2) is 0 Å². The molecule has 3 saturated heterocycles. The summed E-state index contributed by atoms with van der Waals surface area (Å²) in [6, 6.07) is 0.300. The van der Waals surface area contributed by atoms with Crippen molar-refractivity contribution in [1.29, 1.82) is 0 Å². The normalized spacial score (nSPS) is 34.2. The molecule has 3 aliphatic heterocycles. The number of hydrogen-bond acceptors (Lipinski definition) is 2. The van der Waals surface area contributed by atoms with Gasteiger partial charge in [0.1, 0.15) is 0 Å². The molecule has 0 radical (unpaired) electrons. The smallest absolute Gasteiger partial charge is 0.320 e. The van der Waals surface area contributed by atoms with E-state index in [1.54, 1.807) is 0 Å². The molecule has 2 atom stereocenters. The van der Waals surface area contributed by atoms with Crippen LogP contribution in [0.4, 0.5) is 4.79 Å². The molecule has 3 aliphatic rings. The molecule has 0 aromatic heterocycles. The molecule has 0 bridgehead atoms. The van der Waals surface area contributed by atoms with Gasteiger partial charge in [0.2, 0.25) is 0 Å². The maximum Gasteiger partial charge on any atom is 0.320 e. The molecule has 1 N–H and O–H groups in total. The minimum absolute atomic E-state index is 0.300. The second-order valence-electron chi connectivity index (χ2n) is 5.41. The Morgan fingerprint density at radius 3 is 2.19 bits per heavy atom. The number of urea groups is 1. The van der Waals surface area contributed by atoms with E-state index in [0.717, 1.165) is 39.3 Å². The van der Waals surface area contributed by atoms with Crippen molar-refractivity contribution in [1.82, 2.24) is 15.1 Å². The van der Waals surface area contributed by atoms with Crippen LogP contribution in [0.5, 0.6) is 0 Å². The summed E-state index contributed by atoms with van der Waals surface area (Å²) in [5.41, 5.74) is 0. The second-order valence-corrected chi connectivity index (χ2v) is 5.41. The quantitative estimate of drug-likeness (QED) is 0.657. The number of hydrogen-bond donors (Lipinski definition) is 1. The molecule has 3 rings (SSSR count). The number of carbonyl (C=O) groups excluding carboxylic acids is 1. The van der Waals surface area contributed by atoms with Crippen LogP contribution in [0.15, 0.2) is 0 Å². The maximum atomic E-state index is 12.3. The van der Waals surface area contributed by atoms with Gasteiger partial charge in [-0.3, -0.25) is 0 Å². The molecule has 0 aliphatic carbocycles. The van der Waals surface area contributed by atoms with Crippen LogP contribution >= 0.6 is 0 Å². The Labute approximate surface area is 97.0 Å². The lowest BCUT2D eigenvalue weighted by Gasteiger charge is -2.31. The molecule has 0 saturated carbocycles. The monoisotopic (exact) mass is 223 g/mol. The number of amides is 2. The van der Waals surface area contributed by atoms with Crippen molar-refractivity contribution in [2.45, 2.75) is 19.3 Å². The first-order valence-electron chi connectivity index (χ1n) is 6.59. The fourth-order valence-corrected chi connectivity index (χ4v) is 3.30. The first kappa shape index (κ1) is 10.4. The minimum atomic E-state index is 0.300. The standard InChI is InChI=1S/C12H21N3O/c16-12(14-4-2-1-3-5-14)15-8-10-6-13-7-11(10)9-15/h10-11,13H,1-9H2. The van der Waals surface area contributed by atoms with Gasteiger partial charge in [-0.25, -0.2) is 4.79 Å². The van der Waals surface area contributed by atoms with Crippen LogP contribution in [0.25, 0.3) is 0 Å². The van der Waals surface area contributed by atoms with E-state index in [0.29, 0.717) is 17.9 Å². The van der Waals surface area contributed by atoms with Gasteiger partial charge >= 0.3 is 6.03 Å². The summed E-state index contributed by atoms with van der Waals surface area (Å²) in [5.74, 6) is 1.43. The van der Waals surface area contributed by atoms with Crippen LogP contribution in [-0.4, -0.2) is 55.1 Å². The molecule has 0 aromatic carbocycles. The Morgan fingerprint density at radius 1 is 0.938 bits per heavy atom. The number of piperidine rings is 1. The fourth-order valence-electron chi connectivity index (χ4n) is 3.30. The number of nitrogens with zero attached hydrogens (tertiary/aromatic N) is 2.